The van der Waals surface area contributed by atoms with Gasteiger partial charge in [0.1, 0.15) is 11.6 Å². The zero-order valence-corrected chi connectivity index (χ0v) is 12.4. The molecule has 2 aromatic rings. The zero-order chi connectivity index (χ0) is 15.4. The van der Waals surface area contributed by atoms with Gasteiger partial charge < -0.3 is 0 Å². The summed E-state index contributed by atoms with van der Waals surface area (Å²) < 4.78 is 27.4. The first-order valence-corrected chi connectivity index (χ1v) is 7.62. The Labute approximate surface area is 129 Å². The molecule has 1 saturated heterocycles. The number of rotatable bonds is 3. The fourth-order valence-corrected chi connectivity index (χ4v) is 2.84. The Hall–Kier alpha value is -2.00. The maximum absolute atomic E-state index is 14.4. The number of nitrogens with zero attached hydrogens (tertiary/aromatic N) is 1. The molecule has 0 unspecified atom stereocenters. The van der Waals surface area contributed by atoms with Crippen molar-refractivity contribution >= 4 is 5.83 Å². The Balaban J connectivity index is 1.63. The average Bonchev–Trinajstić information content (AvgIpc) is 2.57. The summed E-state index contributed by atoms with van der Waals surface area (Å²) in [6.07, 6.45) is 1.46. The van der Waals surface area contributed by atoms with Crippen LogP contribution < -0.4 is 0 Å². The largest absolute Gasteiger partial charge is 0.298 e. The van der Waals surface area contributed by atoms with Crippen molar-refractivity contribution in [3.8, 4) is 0 Å². The van der Waals surface area contributed by atoms with Crippen molar-refractivity contribution < 1.29 is 8.78 Å². The highest BCUT2D eigenvalue weighted by molar-refractivity contribution is 5.62. The van der Waals surface area contributed by atoms with Crippen LogP contribution in [-0.2, 0) is 6.54 Å². The minimum absolute atomic E-state index is 0.181. The first-order valence-electron chi connectivity index (χ1n) is 7.62. The SMILES string of the molecule is FC(=C1CCN(Cc2ccccc2)CC1)c1ccc(F)cc1. The minimum atomic E-state index is -0.334. The second-order valence-electron chi connectivity index (χ2n) is 5.69. The van der Waals surface area contributed by atoms with Crippen LogP contribution in [0, 0.1) is 5.82 Å². The van der Waals surface area contributed by atoms with Crippen LogP contribution in [0.5, 0.6) is 0 Å². The van der Waals surface area contributed by atoms with Crippen molar-refractivity contribution in [1.29, 1.82) is 0 Å². The Morgan fingerprint density at radius 3 is 2.18 bits per heavy atom. The number of hydrogen-bond donors (Lipinski definition) is 0. The van der Waals surface area contributed by atoms with E-state index in [4.69, 9.17) is 0 Å². The molecule has 0 bridgehead atoms. The molecular formula is C19H19F2N. The molecule has 0 aromatic heterocycles. The summed E-state index contributed by atoms with van der Waals surface area (Å²) in [5, 5.41) is 0. The third-order valence-electron chi connectivity index (χ3n) is 4.12. The summed E-state index contributed by atoms with van der Waals surface area (Å²) in [5.41, 5.74) is 2.61. The molecule has 1 heterocycles. The van der Waals surface area contributed by atoms with E-state index in [1.165, 1.54) is 29.8 Å². The second-order valence-corrected chi connectivity index (χ2v) is 5.69. The summed E-state index contributed by atoms with van der Waals surface area (Å²) in [6, 6.07) is 16.0. The van der Waals surface area contributed by atoms with Crippen LogP contribution in [0.4, 0.5) is 8.78 Å². The quantitative estimate of drug-likeness (QED) is 0.786. The van der Waals surface area contributed by atoms with Crippen molar-refractivity contribution in [3.63, 3.8) is 0 Å². The Kier molecular flexibility index (Phi) is 4.64. The molecule has 3 rings (SSSR count). The molecule has 0 aliphatic carbocycles. The van der Waals surface area contributed by atoms with E-state index >= 15 is 0 Å². The molecule has 0 spiro atoms. The minimum Gasteiger partial charge on any atom is -0.298 e. The highest BCUT2D eigenvalue weighted by Crippen LogP contribution is 2.28. The Morgan fingerprint density at radius 1 is 0.909 bits per heavy atom. The first-order chi connectivity index (χ1) is 10.7. The van der Waals surface area contributed by atoms with E-state index in [0.717, 1.165) is 38.0 Å². The van der Waals surface area contributed by atoms with Crippen LogP contribution in [0.25, 0.3) is 5.83 Å². The van der Waals surface area contributed by atoms with E-state index in [0.29, 0.717) is 5.56 Å². The standard InChI is InChI=1S/C19H19F2N/c20-18-8-6-16(7-9-18)19(21)17-10-12-22(13-11-17)14-15-4-2-1-3-5-15/h1-9H,10-14H2. The monoisotopic (exact) mass is 299 g/mol. The number of benzene rings is 2. The number of hydrogen-bond acceptors (Lipinski definition) is 1. The van der Waals surface area contributed by atoms with Gasteiger partial charge in [-0.05, 0) is 48.2 Å². The van der Waals surface area contributed by atoms with E-state index in [1.807, 2.05) is 18.2 Å². The molecule has 2 aromatic carbocycles. The van der Waals surface area contributed by atoms with E-state index in [2.05, 4.69) is 17.0 Å². The van der Waals surface area contributed by atoms with E-state index in [1.54, 1.807) is 0 Å². The lowest BCUT2D eigenvalue weighted by atomic mass is 9.99. The zero-order valence-electron chi connectivity index (χ0n) is 12.4. The summed E-state index contributed by atoms with van der Waals surface area (Å²) in [4.78, 5) is 2.34. The normalized spacial score (nSPS) is 15.8. The lowest BCUT2D eigenvalue weighted by Crippen LogP contribution is -2.30. The highest BCUT2D eigenvalue weighted by Gasteiger charge is 2.18. The summed E-state index contributed by atoms with van der Waals surface area (Å²) in [5.74, 6) is -0.515. The van der Waals surface area contributed by atoms with Gasteiger partial charge in [-0.25, -0.2) is 8.78 Å². The van der Waals surface area contributed by atoms with Crippen molar-refractivity contribution in [2.24, 2.45) is 0 Å². The lowest BCUT2D eigenvalue weighted by Gasteiger charge is -2.28. The fraction of sp³-hybridized carbons (Fsp3) is 0.263. The van der Waals surface area contributed by atoms with Gasteiger partial charge in [-0.3, -0.25) is 4.90 Å². The van der Waals surface area contributed by atoms with Gasteiger partial charge in [-0.15, -0.1) is 0 Å². The molecule has 22 heavy (non-hydrogen) atoms. The molecule has 1 aliphatic heterocycles. The van der Waals surface area contributed by atoms with Gasteiger partial charge >= 0.3 is 0 Å². The van der Waals surface area contributed by atoms with Crippen molar-refractivity contribution in [2.75, 3.05) is 13.1 Å². The summed E-state index contributed by atoms with van der Waals surface area (Å²) >= 11 is 0. The van der Waals surface area contributed by atoms with Gasteiger partial charge in [0.2, 0.25) is 0 Å². The molecule has 1 nitrogen and oxygen atoms in total. The summed E-state index contributed by atoms with van der Waals surface area (Å²) in [6.45, 7) is 2.63. The van der Waals surface area contributed by atoms with Gasteiger partial charge in [-0.1, -0.05) is 30.3 Å². The maximum Gasteiger partial charge on any atom is 0.129 e. The number of halogens is 2. The molecule has 1 aliphatic rings. The molecule has 1 fully saturated rings. The topological polar surface area (TPSA) is 3.24 Å². The van der Waals surface area contributed by atoms with Gasteiger partial charge in [0.15, 0.2) is 0 Å². The van der Waals surface area contributed by atoms with Crippen LogP contribution in [0.1, 0.15) is 24.0 Å². The molecule has 0 radical (unpaired) electrons. The Bertz CT molecular complexity index is 637. The third kappa shape index (κ3) is 3.60. The first kappa shape index (κ1) is 14.9. The van der Waals surface area contributed by atoms with Crippen molar-refractivity contribution in [2.45, 2.75) is 19.4 Å². The molecule has 0 saturated carbocycles. The molecule has 3 heteroatoms. The predicted molar refractivity (Wildman–Crippen MR) is 85.4 cm³/mol. The summed E-state index contributed by atoms with van der Waals surface area (Å²) in [7, 11) is 0. The van der Waals surface area contributed by atoms with Crippen molar-refractivity contribution in [1.82, 2.24) is 4.90 Å². The van der Waals surface area contributed by atoms with E-state index in [9.17, 15) is 8.78 Å². The lowest BCUT2D eigenvalue weighted by molar-refractivity contribution is 0.247. The van der Waals surface area contributed by atoms with Crippen LogP contribution in [0.2, 0.25) is 0 Å². The molecule has 0 amide bonds. The molecule has 114 valence electrons. The van der Waals surface area contributed by atoms with Crippen LogP contribution in [0.3, 0.4) is 0 Å². The predicted octanol–water partition coefficient (Wildman–Crippen LogP) is 4.80. The van der Waals surface area contributed by atoms with Gasteiger partial charge in [-0.2, -0.15) is 0 Å². The molecule has 0 N–H and O–H groups in total. The van der Waals surface area contributed by atoms with Crippen LogP contribution in [0.15, 0.2) is 60.2 Å². The van der Waals surface area contributed by atoms with Gasteiger partial charge in [0.05, 0.1) is 0 Å². The number of likely N-dealkylation sites (tertiary alicyclic amines) is 1. The average molecular weight is 299 g/mol. The Morgan fingerprint density at radius 2 is 1.55 bits per heavy atom. The van der Waals surface area contributed by atoms with Gasteiger partial charge in [0.25, 0.3) is 0 Å². The fourth-order valence-electron chi connectivity index (χ4n) is 2.84. The second kappa shape index (κ2) is 6.84. The third-order valence-corrected chi connectivity index (χ3v) is 4.12. The molecule has 0 atom stereocenters. The van der Waals surface area contributed by atoms with Crippen LogP contribution >= 0.6 is 0 Å². The maximum atomic E-state index is 14.4. The van der Waals surface area contributed by atoms with Gasteiger partial charge in [0, 0.05) is 25.2 Å². The van der Waals surface area contributed by atoms with Crippen molar-refractivity contribution in [3.05, 3.63) is 77.1 Å². The van der Waals surface area contributed by atoms with Crippen LogP contribution in [-0.4, -0.2) is 18.0 Å². The highest BCUT2D eigenvalue weighted by atomic mass is 19.1. The van der Waals surface area contributed by atoms with E-state index in [-0.39, 0.29) is 11.6 Å². The molecular weight excluding hydrogens is 280 g/mol. The smallest absolute Gasteiger partial charge is 0.129 e. The van der Waals surface area contributed by atoms with E-state index < -0.39 is 0 Å². The number of piperidine rings is 1.